The van der Waals surface area contributed by atoms with Crippen LogP contribution in [0.4, 0.5) is 11.4 Å². The van der Waals surface area contributed by atoms with E-state index in [0.717, 1.165) is 4.90 Å². The molecular weight excluding hydrogens is 336 g/mol. The third-order valence-electron chi connectivity index (χ3n) is 4.17. The third-order valence-corrected chi connectivity index (χ3v) is 5.27. The first-order valence-corrected chi connectivity index (χ1v) is 8.93. The molecule has 25 heavy (non-hydrogen) atoms. The van der Waals surface area contributed by atoms with Gasteiger partial charge in [-0.2, -0.15) is 0 Å². The highest BCUT2D eigenvalue weighted by atomic mass is 32.2. The summed E-state index contributed by atoms with van der Waals surface area (Å²) >= 11 is 1.40. The summed E-state index contributed by atoms with van der Waals surface area (Å²) in [5.74, 6) is -0.0314. The number of benzene rings is 2. The number of hydrogen-bond donors (Lipinski definition) is 0. The van der Waals surface area contributed by atoms with Crippen molar-refractivity contribution in [3.63, 3.8) is 0 Å². The maximum atomic E-state index is 12.5. The number of allylic oxidation sites excluding steroid dienone is 1. The molecule has 0 N–H and O–H groups in total. The van der Waals surface area contributed by atoms with Gasteiger partial charge in [-0.1, -0.05) is 30.0 Å². The molecule has 2 aromatic rings. The van der Waals surface area contributed by atoms with Crippen LogP contribution in [0.25, 0.3) is 6.08 Å². The van der Waals surface area contributed by atoms with Gasteiger partial charge >= 0.3 is 0 Å². The Morgan fingerprint density at radius 3 is 2.52 bits per heavy atom. The Balaban J connectivity index is 1.98. The summed E-state index contributed by atoms with van der Waals surface area (Å²) in [6, 6.07) is 12.6. The lowest BCUT2D eigenvalue weighted by Crippen LogP contribution is -2.22. The van der Waals surface area contributed by atoms with E-state index in [-0.39, 0.29) is 16.4 Å². The van der Waals surface area contributed by atoms with Crippen LogP contribution >= 0.6 is 11.8 Å². The van der Waals surface area contributed by atoms with E-state index in [2.05, 4.69) is 0 Å². The van der Waals surface area contributed by atoms with Gasteiger partial charge in [0, 0.05) is 29.6 Å². The van der Waals surface area contributed by atoms with Crippen molar-refractivity contribution in [2.75, 3.05) is 18.0 Å². The van der Waals surface area contributed by atoms with Gasteiger partial charge in [-0.3, -0.25) is 14.9 Å². The zero-order valence-electron chi connectivity index (χ0n) is 14.1. The van der Waals surface area contributed by atoms with Crippen LogP contribution in [-0.4, -0.2) is 23.8 Å². The van der Waals surface area contributed by atoms with E-state index in [4.69, 9.17) is 0 Å². The molecule has 0 unspecified atom stereocenters. The molecule has 1 heterocycles. The van der Waals surface area contributed by atoms with Crippen LogP contribution in [0.15, 0.2) is 52.3 Å². The first-order valence-electron chi connectivity index (χ1n) is 8.11. The fraction of sp³-hybridized carbons (Fsp3) is 0.211. The summed E-state index contributed by atoms with van der Waals surface area (Å²) in [5.41, 5.74) is 2.01. The maximum absolute atomic E-state index is 12.5. The number of ketones is 1. The predicted octanol–water partition coefficient (Wildman–Crippen LogP) is 4.77. The SMILES string of the molecule is CCN(CC)c1ccc(/C=C2/Sc3ccccc3C2=O)cc1[N+](=O)[O-]. The van der Waals surface area contributed by atoms with E-state index < -0.39 is 0 Å². The van der Waals surface area contributed by atoms with Crippen molar-refractivity contribution >= 4 is 35.0 Å². The Hall–Kier alpha value is -2.60. The quantitative estimate of drug-likeness (QED) is 0.440. The van der Waals surface area contributed by atoms with Crippen LogP contribution in [0, 0.1) is 10.1 Å². The largest absolute Gasteiger partial charge is 0.367 e. The average Bonchev–Trinajstić information content (AvgIpc) is 2.93. The Kier molecular flexibility index (Phi) is 4.90. The van der Waals surface area contributed by atoms with Crippen LogP contribution in [0.3, 0.4) is 0 Å². The van der Waals surface area contributed by atoms with Crippen LogP contribution in [0.5, 0.6) is 0 Å². The molecule has 0 aromatic heterocycles. The number of nitrogens with zero attached hydrogens (tertiary/aromatic N) is 2. The van der Waals surface area contributed by atoms with Crippen molar-refractivity contribution in [3.05, 3.63) is 68.6 Å². The van der Waals surface area contributed by atoms with Gasteiger partial charge in [-0.15, -0.1) is 0 Å². The molecule has 0 saturated carbocycles. The van der Waals surface area contributed by atoms with E-state index in [1.54, 1.807) is 18.2 Å². The second-order valence-electron chi connectivity index (χ2n) is 5.61. The minimum absolute atomic E-state index is 0.0314. The standard InChI is InChI=1S/C19H18N2O3S/c1-3-20(4-2)15-10-9-13(11-16(15)21(23)24)12-18-19(22)14-7-5-6-8-17(14)25-18/h5-12H,3-4H2,1-2H3/b18-12+. The van der Waals surface area contributed by atoms with Gasteiger partial charge in [0.15, 0.2) is 0 Å². The molecule has 0 amide bonds. The Morgan fingerprint density at radius 2 is 1.88 bits per heavy atom. The number of rotatable bonds is 5. The topological polar surface area (TPSA) is 63.5 Å². The monoisotopic (exact) mass is 354 g/mol. The van der Waals surface area contributed by atoms with Crippen molar-refractivity contribution in [3.8, 4) is 0 Å². The van der Waals surface area contributed by atoms with Crippen molar-refractivity contribution < 1.29 is 9.72 Å². The molecule has 0 bridgehead atoms. The zero-order valence-corrected chi connectivity index (χ0v) is 14.9. The lowest BCUT2D eigenvalue weighted by Gasteiger charge is -2.20. The fourth-order valence-electron chi connectivity index (χ4n) is 2.90. The molecule has 0 fully saturated rings. The number of carbonyl (C=O) groups excluding carboxylic acids is 1. The molecule has 1 aliphatic heterocycles. The molecule has 0 radical (unpaired) electrons. The summed E-state index contributed by atoms with van der Waals surface area (Å²) in [6.45, 7) is 5.32. The van der Waals surface area contributed by atoms with E-state index in [1.165, 1.54) is 17.8 Å². The first-order chi connectivity index (χ1) is 12.0. The average molecular weight is 354 g/mol. The summed E-state index contributed by atoms with van der Waals surface area (Å²) in [6.07, 6.45) is 1.73. The van der Waals surface area contributed by atoms with Gasteiger partial charge in [-0.25, -0.2) is 0 Å². The van der Waals surface area contributed by atoms with Gasteiger partial charge in [0.2, 0.25) is 5.78 Å². The molecule has 3 rings (SSSR count). The fourth-order valence-corrected chi connectivity index (χ4v) is 3.95. The Labute approximate surface area is 150 Å². The number of nitro groups is 1. The highest BCUT2D eigenvalue weighted by Crippen LogP contribution is 2.41. The number of carbonyl (C=O) groups is 1. The number of anilines is 1. The smallest absolute Gasteiger partial charge is 0.293 e. The molecule has 1 aliphatic rings. The third kappa shape index (κ3) is 3.30. The van der Waals surface area contributed by atoms with Crippen LogP contribution in [-0.2, 0) is 0 Å². The number of nitro benzene ring substituents is 1. The van der Waals surface area contributed by atoms with Crippen molar-refractivity contribution in [1.29, 1.82) is 0 Å². The molecule has 6 heteroatoms. The number of thioether (sulfide) groups is 1. The van der Waals surface area contributed by atoms with Gasteiger partial charge in [0.25, 0.3) is 5.69 Å². The van der Waals surface area contributed by atoms with Crippen molar-refractivity contribution in [1.82, 2.24) is 0 Å². The lowest BCUT2D eigenvalue weighted by molar-refractivity contribution is -0.384. The van der Waals surface area contributed by atoms with E-state index in [1.807, 2.05) is 43.0 Å². The Bertz CT molecular complexity index is 873. The van der Waals surface area contributed by atoms with Crippen molar-refractivity contribution in [2.45, 2.75) is 18.7 Å². The normalized spacial score (nSPS) is 14.6. The molecular formula is C19H18N2O3S. The van der Waals surface area contributed by atoms with Gasteiger partial charge in [0.1, 0.15) is 5.69 Å². The number of fused-ring (bicyclic) bond motifs is 1. The van der Waals surface area contributed by atoms with E-state index >= 15 is 0 Å². The highest BCUT2D eigenvalue weighted by molar-refractivity contribution is 8.04. The van der Waals surface area contributed by atoms with E-state index in [0.29, 0.717) is 34.8 Å². The molecule has 2 aromatic carbocycles. The summed E-state index contributed by atoms with van der Waals surface area (Å²) < 4.78 is 0. The number of hydrogen-bond acceptors (Lipinski definition) is 5. The zero-order chi connectivity index (χ0) is 18.0. The summed E-state index contributed by atoms with van der Waals surface area (Å²) in [4.78, 5) is 27.0. The van der Waals surface area contributed by atoms with Crippen molar-refractivity contribution in [2.24, 2.45) is 0 Å². The second kappa shape index (κ2) is 7.11. The first kappa shape index (κ1) is 17.2. The molecule has 5 nitrogen and oxygen atoms in total. The molecule has 0 spiro atoms. The summed E-state index contributed by atoms with van der Waals surface area (Å²) in [7, 11) is 0. The van der Waals surface area contributed by atoms with Crippen LogP contribution in [0.1, 0.15) is 29.8 Å². The maximum Gasteiger partial charge on any atom is 0.293 e. The highest BCUT2D eigenvalue weighted by Gasteiger charge is 2.25. The molecule has 0 aliphatic carbocycles. The predicted molar refractivity (Wildman–Crippen MR) is 101 cm³/mol. The van der Waals surface area contributed by atoms with Gasteiger partial charge in [0.05, 0.1) is 9.83 Å². The lowest BCUT2D eigenvalue weighted by atomic mass is 10.1. The van der Waals surface area contributed by atoms with Crippen LogP contribution < -0.4 is 4.90 Å². The minimum atomic E-state index is -0.367. The Morgan fingerprint density at radius 1 is 1.16 bits per heavy atom. The molecule has 128 valence electrons. The van der Waals surface area contributed by atoms with E-state index in [9.17, 15) is 14.9 Å². The number of Topliss-reactive ketones (excluding diaryl/α,β-unsaturated/α-hetero) is 1. The summed E-state index contributed by atoms with van der Waals surface area (Å²) in [5, 5.41) is 11.5. The molecule has 0 saturated heterocycles. The minimum Gasteiger partial charge on any atom is -0.367 e. The molecule has 0 atom stereocenters. The second-order valence-corrected chi connectivity index (χ2v) is 6.70. The van der Waals surface area contributed by atoms with Gasteiger partial charge < -0.3 is 4.90 Å². The van der Waals surface area contributed by atoms with Gasteiger partial charge in [-0.05, 0) is 43.7 Å². The van der Waals surface area contributed by atoms with Crippen LogP contribution in [0.2, 0.25) is 0 Å².